The average molecular weight is 532 g/mol. The number of carbonyl (C=O) groups is 4. The van der Waals surface area contributed by atoms with Gasteiger partial charge in [0.05, 0.1) is 6.10 Å². The van der Waals surface area contributed by atoms with Gasteiger partial charge in [0.1, 0.15) is 24.2 Å². The van der Waals surface area contributed by atoms with E-state index in [4.69, 9.17) is 5.73 Å². The Morgan fingerprint density at radius 3 is 2.13 bits per heavy atom. The van der Waals surface area contributed by atoms with E-state index in [0.29, 0.717) is 6.42 Å². The second kappa shape index (κ2) is 13.9. The number of carbonyl (C=O) groups excluding carboxylic acids is 3. The van der Waals surface area contributed by atoms with Crippen LogP contribution in [-0.4, -0.2) is 69.2 Å². The zero-order valence-electron chi connectivity index (χ0n) is 22.7. The van der Waals surface area contributed by atoms with Crippen LogP contribution in [0.5, 0.6) is 0 Å². The second-order valence-electron chi connectivity index (χ2n) is 10.3. The maximum absolute atomic E-state index is 13.5. The number of aliphatic carboxylic acids is 1. The molecule has 11 nitrogen and oxygen atoms in total. The van der Waals surface area contributed by atoms with Gasteiger partial charge in [0.15, 0.2) is 0 Å². The predicted octanol–water partition coefficient (Wildman–Crippen LogP) is 1.05. The SMILES string of the molecule is CCC(C)C(NC(=O)C(CC(C)C)NC(=O)C(Cc1c[nH]c2ccccc12)NC(=O)C(N)C(C)O)C(=O)O. The van der Waals surface area contributed by atoms with E-state index in [1.165, 1.54) is 6.92 Å². The van der Waals surface area contributed by atoms with Crippen LogP contribution < -0.4 is 21.7 Å². The molecular weight excluding hydrogens is 490 g/mol. The largest absolute Gasteiger partial charge is 0.480 e. The van der Waals surface area contributed by atoms with E-state index in [0.717, 1.165) is 16.5 Å². The van der Waals surface area contributed by atoms with Crippen molar-refractivity contribution in [1.82, 2.24) is 20.9 Å². The summed E-state index contributed by atoms with van der Waals surface area (Å²) in [6.07, 6.45) is 1.49. The lowest BCUT2D eigenvalue weighted by Gasteiger charge is -2.27. The molecule has 1 aromatic heterocycles. The number of aliphatic hydroxyl groups excluding tert-OH is 1. The van der Waals surface area contributed by atoms with Crippen LogP contribution in [0.1, 0.15) is 53.0 Å². The Labute approximate surface area is 222 Å². The Bertz CT molecular complexity index is 1110. The topological polar surface area (TPSA) is 187 Å². The van der Waals surface area contributed by atoms with Crippen LogP contribution in [0.15, 0.2) is 30.5 Å². The zero-order chi connectivity index (χ0) is 28.6. The van der Waals surface area contributed by atoms with Gasteiger partial charge in [-0.3, -0.25) is 14.4 Å². The molecule has 0 radical (unpaired) electrons. The number of aromatic nitrogens is 1. The number of carboxylic acid groups (broad SMARTS) is 1. The lowest BCUT2D eigenvalue weighted by Crippen LogP contribution is -2.59. The smallest absolute Gasteiger partial charge is 0.326 e. The van der Waals surface area contributed by atoms with Crippen molar-refractivity contribution in [1.29, 1.82) is 0 Å². The van der Waals surface area contributed by atoms with Gasteiger partial charge in [0.25, 0.3) is 0 Å². The molecule has 2 rings (SSSR count). The van der Waals surface area contributed by atoms with E-state index in [1.54, 1.807) is 13.1 Å². The van der Waals surface area contributed by atoms with Crippen molar-refractivity contribution in [2.24, 2.45) is 17.6 Å². The summed E-state index contributed by atoms with van der Waals surface area (Å²) in [7, 11) is 0. The zero-order valence-corrected chi connectivity index (χ0v) is 22.7. The Kier molecular flexibility index (Phi) is 11.3. The number of para-hydroxylation sites is 1. The number of H-pyrrole nitrogens is 1. The van der Waals surface area contributed by atoms with E-state index in [9.17, 15) is 29.4 Å². The number of aromatic amines is 1. The number of rotatable bonds is 14. The molecule has 0 spiro atoms. The standard InChI is InChI=1S/C27H41N5O6/c1-6-15(4)23(27(37)38)32-25(35)20(11-14(2)3)30-24(34)21(31-26(36)22(28)16(5)33)12-17-13-29-19-10-8-7-9-18(17)19/h7-10,13-16,20-23,29,33H,6,11-12,28H2,1-5H3,(H,30,34)(H,31,36)(H,32,35)(H,37,38). The molecule has 6 atom stereocenters. The minimum Gasteiger partial charge on any atom is -0.480 e. The fraction of sp³-hybridized carbons (Fsp3) is 0.556. The maximum Gasteiger partial charge on any atom is 0.326 e. The van der Waals surface area contributed by atoms with Gasteiger partial charge in [-0.2, -0.15) is 0 Å². The summed E-state index contributed by atoms with van der Waals surface area (Å²) < 4.78 is 0. The molecule has 0 saturated heterocycles. The van der Waals surface area contributed by atoms with Gasteiger partial charge >= 0.3 is 5.97 Å². The molecule has 0 saturated carbocycles. The van der Waals surface area contributed by atoms with Gasteiger partial charge in [-0.05, 0) is 36.8 Å². The van der Waals surface area contributed by atoms with E-state index < -0.39 is 54.0 Å². The lowest BCUT2D eigenvalue weighted by molar-refractivity contribution is -0.144. The molecule has 0 aliphatic rings. The molecule has 1 heterocycles. The molecule has 0 bridgehead atoms. The van der Waals surface area contributed by atoms with Crippen molar-refractivity contribution in [3.8, 4) is 0 Å². The first kappa shape index (κ1) is 30.8. The number of nitrogens with one attached hydrogen (secondary N) is 4. The van der Waals surface area contributed by atoms with Gasteiger partial charge in [-0.25, -0.2) is 4.79 Å². The molecule has 0 aliphatic heterocycles. The molecular formula is C27H41N5O6. The molecule has 8 N–H and O–H groups in total. The van der Waals surface area contributed by atoms with Crippen molar-refractivity contribution < 1.29 is 29.4 Å². The van der Waals surface area contributed by atoms with Gasteiger partial charge in [-0.1, -0.05) is 52.3 Å². The molecule has 210 valence electrons. The van der Waals surface area contributed by atoms with Crippen LogP contribution in [0.25, 0.3) is 10.9 Å². The number of amides is 3. The quantitative estimate of drug-likeness (QED) is 0.190. The molecule has 1 aromatic carbocycles. The van der Waals surface area contributed by atoms with Crippen LogP contribution >= 0.6 is 0 Å². The van der Waals surface area contributed by atoms with Crippen molar-refractivity contribution in [2.75, 3.05) is 0 Å². The number of hydrogen-bond donors (Lipinski definition) is 7. The highest BCUT2D eigenvalue weighted by Gasteiger charge is 2.33. The Morgan fingerprint density at radius 2 is 1.55 bits per heavy atom. The van der Waals surface area contributed by atoms with Crippen molar-refractivity contribution in [3.63, 3.8) is 0 Å². The van der Waals surface area contributed by atoms with E-state index in [2.05, 4.69) is 20.9 Å². The first-order valence-electron chi connectivity index (χ1n) is 13.0. The number of aliphatic hydroxyl groups is 1. The molecule has 2 aromatic rings. The van der Waals surface area contributed by atoms with Gasteiger partial charge in [0.2, 0.25) is 17.7 Å². The Hall–Kier alpha value is -3.44. The highest BCUT2D eigenvalue weighted by atomic mass is 16.4. The number of fused-ring (bicyclic) bond motifs is 1. The monoisotopic (exact) mass is 531 g/mol. The minimum atomic E-state index is -1.25. The summed E-state index contributed by atoms with van der Waals surface area (Å²) >= 11 is 0. The third kappa shape index (κ3) is 8.29. The molecule has 3 amide bonds. The highest BCUT2D eigenvalue weighted by Crippen LogP contribution is 2.19. The number of benzene rings is 1. The van der Waals surface area contributed by atoms with Crippen LogP contribution in [0, 0.1) is 11.8 Å². The van der Waals surface area contributed by atoms with Crippen molar-refractivity contribution in [2.45, 2.75) is 84.2 Å². The van der Waals surface area contributed by atoms with Gasteiger partial charge < -0.3 is 36.9 Å². The van der Waals surface area contributed by atoms with Crippen molar-refractivity contribution in [3.05, 3.63) is 36.0 Å². The van der Waals surface area contributed by atoms with Crippen LogP contribution in [-0.2, 0) is 25.6 Å². The fourth-order valence-electron chi connectivity index (χ4n) is 4.13. The van der Waals surface area contributed by atoms with Gasteiger partial charge in [0, 0.05) is 23.5 Å². The maximum atomic E-state index is 13.5. The summed E-state index contributed by atoms with van der Waals surface area (Å²) in [6.45, 7) is 8.69. The first-order chi connectivity index (χ1) is 17.8. The third-order valence-corrected chi connectivity index (χ3v) is 6.67. The minimum absolute atomic E-state index is 0.00301. The lowest BCUT2D eigenvalue weighted by atomic mass is 9.97. The molecule has 0 aliphatic carbocycles. The number of hydrogen-bond acceptors (Lipinski definition) is 6. The first-order valence-corrected chi connectivity index (χ1v) is 13.0. The summed E-state index contributed by atoms with van der Waals surface area (Å²) in [6, 6.07) is 3.00. The molecule has 38 heavy (non-hydrogen) atoms. The average Bonchev–Trinajstić information content (AvgIpc) is 3.27. The summed E-state index contributed by atoms with van der Waals surface area (Å²) in [5.41, 5.74) is 7.41. The fourth-order valence-corrected chi connectivity index (χ4v) is 4.13. The number of nitrogens with two attached hydrogens (primary N) is 1. The van der Waals surface area contributed by atoms with Gasteiger partial charge in [-0.15, -0.1) is 0 Å². The van der Waals surface area contributed by atoms with E-state index in [1.807, 2.05) is 45.0 Å². The van der Waals surface area contributed by atoms with Crippen LogP contribution in [0.2, 0.25) is 0 Å². The second-order valence-corrected chi connectivity index (χ2v) is 10.3. The number of carboxylic acids is 1. The summed E-state index contributed by atoms with van der Waals surface area (Å²) in [5, 5.41) is 28.1. The van der Waals surface area contributed by atoms with E-state index in [-0.39, 0.29) is 24.7 Å². The van der Waals surface area contributed by atoms with E-state index >= 15 is 0 Å². The van der Waals surface area contributed by atoms with Crippen molar-refractivity contribution >= 4 is 34.6 Å². The Balaban J connectivity index is 2.32. The highest BCUT2D eigenvalue weighted by molar-refractivity contribution is 5.95. The normalized spacial score (nSPS) is 16.2. The molecule has 0 fully saturated rings. The summed E-state index contributed by atoms with van der Waals surface area (Å²) in [5.74, 6) is -3.42. The molecule has 6 unspecified atom stereocenters. The molecule has 11 heteroatoms. The third-order valence-electron chi connectivity index (χ3n) is 6.67. The predicted molar refractivity (Wildman–Crippen MR) is 144 cm³/mol. The van der Waals surface area contributed by atoms with Crippen LogP contribution in [0.3, 0.4) is 0 Å². The van der Waals surface area contributed by atoms with Crippen LogP contribution in [0.4, 0.5) is 0 Å². The summed E-state index contributed by atoms with van der Waals surface area (Å²) in [4.78, 5) is 54.2. The Morgan fingerprint density at radius 1 is 0.947 bits per heavy atom.